The lowest BCUT2D eigenvalue weighted by Crippen LogP contribution is -2.15. The number of halogens is 2. The van der Waals surface area contributed by atoms with Gasteiger partial charge in [-0.15, -0.1) is 11.8 Å². The fourth-order valence-electron chi connectivity index (χ4n) is 0.808. The first-order valence-electron chi connectivity index (χ1n) is 3.81. The van der Waals surface area contributed by atoms with Crippen molar-refractivity contribution in [2.45, 2.75) is 31.1 Å². The average Bonchev–Trinajstić information content (AvgIpc) is 2.54. The van der Waals surface area contributed by atoms with Crippen molar-refractivity contribution in [1.29, 1.82) is 0 Å². The quantitative estimate of drug-likeness (QED) is 0.672. The molecule has 0 saturated heterocycles. The zero-order chi connectivity index (χ0) is 8.48. The molecular weight excluding hydrogens is 168 g/mol. The topological polar surface area (TPSA) is 26.0 Å². The van der Waals surface area contributed by atoms with E-state index in [0.717, 1.165) is 6.42 Å². The smallest absolute Gasteiger partial charge is 0.252 e. The molecule has 2 unspecified atom stereocenters. The summed E-state index contributed by atoms with van der Waals surface area (Å²) in [5.74, 6) is -2.26. The SMILES string of the molecule is CCC(N)SCC1CC1(F)F. The van der Waals surface area contributed by atoms with Crippen LogP contribution < -0.4 is 5.73 Å². The fourth-order valence-corrected chi connectivity index (χ4v) is 1.88. The second-order valence-electron chi connectivity index (χ2n) is 2.94. The van der Waals surface area contributed by atoms with Gasteiger partial charge >= 0.3 is 0 Å². The van der Waals surface area contributed by atoms with E-state index in [1.165, 1.54) is 11.8 Å². The van der Waals surface area contributed by atoms with Gasteiger partial charge in [-0.25, -0.2) is 8.78 Å². The molecule has 66 valence electrons. The predicted octanol–water partition coefficient (Wildman–Crippen LogP) is 2.07. The van der Waals surface area contributed by atoms with E-state index in [1.54, 1.807) is 0 Å². The first kappa shape index (κ1) is 9.26. The minimum Gasteiger partial charge on any atom is -0.319 e. The third-order valence-corrected chi connectivity index (χ3v) is 3.23. The molecule has 0 bridgehead atoms. The van der Waals surface area contributed by atoms with Gasteiger partial charge in [0.25, 0.3) is 5.92 Å². The molecule has 0 aliphatic heterocycles. The van der Waals surface area contributed by atoms with Crippen molar-refractivity contribution in [2.75, 3.05) is 5.75 Å². The van der Waals surface area contributed by atoms with Crippen molar-refractivity contribution in [2.24, 2.45) is 11.7 Å². The molecule has 2 N–H and O–H groups in total. The van der Waals surface area contributed by atoms with Gasteiger partial charge in [0, 0.05) is 18.1 Å². The highest BCUT2D eigenvalue weighted by Gasteiger charge is 2.56. The Morgan fingerprint density at radius 2 is 2.27 bits per heavy atom. The van der Waals surface area contributed by atoms with Crippen LogP contribution in [-0.2, 0) is 0 Å². The van der Waals surface area contributed by atoms with Crippen LogP contribution in [0.25, 0.3) is 0 Å². The number of hydrogen-bond acceptors (Lipinski definition) is 2. The predicted molar refractivity (Wildman–Crippen MR) is 43.8 cm³/mol. The van der Waals surface area contributed by atoms with Gasteiger partial charge in [0.05, 0.1) is 5.37 Å². The Labute approximate surface area is 69.7 Å². The molecule has 1 saturated carbocycles. The van der Waals surface area contributed by atoms with Gasteiger partial charge in [0.15, 0.2) is 0 Å². The van der Waals surface area contributed by atoms with Gasteiger partial charge in [-0.1, -0.05) is 6.92 Å². The van der Waals surface area contributed by atoms with E-state index in [4.69, 9.17) is 5.73 Å². The van der Waals surface area contributed by atoms with E-state index in [-0.39, 0.29) is 11.8 Å². The molecule has 4 heteroatoms. The standard InChI is InChI=1S/C7H13F2NS/c1-2-6(10)11-4-5-3-7(5,8)9/h5-6H,2-4,10H2,1H3. The van der Waals surface area contributed by atoms with E-state index < -0.39 is 11.8 Å². The summed E-state index contributed by atoms with van der Waals surface area (Å²) in [5.41, 5.74) is 5.56. The average molecular weight is 181 g/mol. The molecule has 0 heterocycles. The maximum atomic E-state index is 12.3. The third kappa shape index (κ3) is 2.60. The van der Waals surface area contributed by atoms with Gasteiger partial charge in [-0.05, 0) is 6.42 Å². The van der Waals surface area contributed by atoms with E-state index in [2.05, 4.69) is 0 Å². The van der Waals surface area contributed by atoms with Crippen LogP contribution >= 0.6 is 11.8 Å². The Morgan fingerprint density at radius 1 is 1.73 bits per heavy atom. The van der Waals surface area contributed by atoms with E-state index in [9.17, 15) is 8.78 Å². The monoisotopic (exact) mass is 181 g/mol. The number of rotatable bonds is 4. The maximum absolute atomic E-state index is 12.3. The van der Waals surface area contributed by atoms with Crippen LogP contribution in [0.1, 0.15) is 19.8 Å². The number of nitrogens with two attached hydrogens (primary N) is 1. The van der Waals surface area contributed by atoms with Gasteiger partial charge in [-0.2, -0.15) is 0 Å². The Morgan fingerprint density at radius 3 is 2.64 bits per heavy atom. The summed E-state index contributed by atoms with van der Waals surface area (Å²) in [6.45, 7) is 1.96. The van der Waals surface area contributed by atoms with Gasteiger partial charge in [-0.3, -0.25) is 0 Å². The summed E-state index contributed by atoms with van der Waals surface area (Å²) in [6, 6.07) is 0. The second-order valence-corrected chi connectivity index (χ2v) is 4.21. The van der Waals surface area contributed by atoms with Crippen molar-refractivity contribution in [3.8, 4) is 0 Å². The summed E-state index contributed by atoms with van der Waals surface area (Å²) >= 11 is 1.45. The molecule has 1 fully saturated rings. The summed E-state index contributed by atoms with van der Waals surface area (Å²) in [4.78, 5) is 0. The van der Waals surface area contributed by atoms with Gasteiger partial charge < -0.3 is 5.73 Å². The van der Waals surface area contributed by atoms with Crippen molar-refractivity contribution in [3.63, 3.8) is 0 Å². The maximum Gasteiger partial charge on any atom is 0.252 e. The van der Waals surface area contributed by atoms with E-state index >= 15 is 0 Å². The molecule has 0 spiro atoms. The molecule has 0 aromatic rings. The minimum absolute atomic E-state index is 0.0337. The highest BCUT2D eigenvalue weighted by molar-refractivity contribution is 7.99. The van der Waals surface area contributed by atoms with Crippen LogP contribution in [0.15, 0.2) is 0 Å². The zero-order valence-corrected chi connectivity index (χ0v) is 7.33. The first-order chi connectivity index (χ1) is 5.06. The molecule has 0 amide bonds. The van der Waals surface area contributed by atoms with Crippen LogP contribution in [0.2, 0.25) is 0 Å². The summed E-state index contributed by atoms with van der Waals surface area (Å²) in [6.07, 6.45) is 0.916. The molecule has 1 nitrogen and oxygen atoms in total. The van der Waals surface area contributed by atoms with Crippen LogP contribution in [0, 0.1) is 5.92 Å². The third-order valence-electron chi connectivity index (χ3n) is 1.87. The zero-order valence-electron chi connectivity index (χ0n) is 6.52. The lowest BCUT2D eigenvalue weighted by atomic mass is 10.5. The molecule has 1 aliphatic rings. The molecule has 1 aliphatic carbocycles. The second kappa shape index (κ2) is 3.27. The number of hydrogen-bond donors (Lipinski definition) is 1. The number of thioether (sulfide) groups is 1. The highest BCUT2D eigenvalue weighted by atomic mass is 32.2. The molecule has 0 aromatic carbocycles. The molecule has 1 rings (SSSR count). The molecule has 2 atom stereocenters. The fraction of sp³-hybridized carbons (Fsp3) is 1.00. The normalized spacial score (nSPS) is 30.0. The first-order valence-corrected chi connectivity index (χ1v) is 4.86. The van der Waals surface area contributed by atoms with Crippen molar-refractivity contribution < 1.29 is 8.78 Å². The molecule has 0 radical (unpaired) electrons. The van der Waals surface area contributed by atoms with Gasteiger partial charge in [0.2, 0.25) is 0 Å². The van der Waals surface area contributed by atoms with Crippen LogP contribution in [0.3, 0.4) is 0 Å². The van der Waals surface area contributed by atoms with Crippen molar-refractivity contribution in [3.05, 3.63) is 0 Å². The lowest BCUT2D eigenvalue weighted by Gasteiger charge is -2.06. The highest BCUT2D eigenvalue weighted by Crippen LogP contribution is 2.50. The Bertz CT molecular complexity index is 140. The Balaban J connectivity index is 2.06. The Hall–Kier alpha value is 0.170. The minimum atomic E-state index is -2.37. The van der Waals surface area contributed by atoms with E-state index in [1.807, 2.05) is 6.92 Å². The van der Waals surface area contributed by atoms with Crippen molar-refractivity contribution in [1.82, 2.24) is 0 Å². The molecule has 0 aromatic heterocycles. The largest absolute Gasteiger partial charge is 0.319 e. The Kier molecular flexibility index (Phi) is 2.75. The molecule has 11 heavy (non-hydrogen) atoms. The summed E-state index contributed by atoms with van der Waals surface area (Å²) in [5, 5.41) is 0.0337. The lowest BCUT2D eigenvalue weighted by molar-refractivity contribution is 0.103. The van der Waals surface area contributed by atoms with Crippen molar-refractivity contribution >= 4 is 11.8 Å². The van der Waals surface area contributed by atoms with Crippen LogP contribution in [0.5, 0.6) is 0 Å². The van der Waals surface area contributed by atoms with E-state index in [0.29, 0.717) is 5.75 Å². The summed E-state index contributed by atoms with van der Waals surface area (Å²) in [7, 11) is 0. The van der Waals surface area contributed by atoms with Gasteiger partial charge in [0.1, 0.15) is 0 Å². The summed E-state index contributed by atoms with van der Waals surface area (Å²) < 4.78 is 24.6. The molecular formula is C7H13F2NS. The number of alkyl halides is 2. The van der Waals surface area contributed by atoms with Crippen LogP contribution in [0.4, 0.5) is 8.78 Å². The van der Waals surface area contributed by atoms with Crippen LogP contribution in [-0.4, -0.2) is 17.0 Å².